The molecule has 0 saturated carbocycles. The Morgan fingerprint density at radius 2 is 1.95 bits per heavy atom. The predicted octanol–water partition coefficient (Wildman–Crippen LogP) is 3.31. The number of nitrogens with one attached hydrogen (secondary N) is 1. The van der Waals surface area contributed by atoms with Gasteiger partial charge in [-0.2, -0.15) is 0 Å². The lowest BCUT2D eigenvalue weighted by molar-refractivity contribution is -0.136. The van der Waals surface area contributed by atoms with Gasteiger partial charge in [0.1, 0.15) is 0 Å². The van der Waals surface area contributed by atoms with Gasteiger partial charge in [0.2, 0.25) is 0 Å². The minimum Gasteiger partial charge on any atom is -0.481 e. The molecule has 0 radical (unpaired) electrons. The molecule has 0 amide bonds. The third-order valence-corrected chi connectivity index (χ3v) is 3.43. The number of rotatable bonds is 4. The monoisotopic (exact) mass is 311 g/mol. The Morgan fingerprint density at radius 3 is 2.55 bits per heavy atom. The second-order valence-electron chi connectivity index (χ2n) is 4.27. The molecule has 0 aromatic heterocycles. The van der Waals surface area contributed by atoms with E-state index in [9.17, 15) is 9.59 Å². The van der Waals surface area contributed by atoms with Crippen LogP contribution in [0, 0.1) is 0 Å². The molecule has 0 fully saturated rings. The van der Waals surface area contributed by atoms with Gasteiger partial charge in [0.05, 0.1) is 28.2 Å². The van der Waals surface area contributed by atoms with Gasteiger partial charge in [-0.15, -0.1) is 0 Å². The van der Waals surface area contributed by atoms with Crippen molar-refractivity contribution in [1.29, 1.82) is 0 Å². The molecular formula is C14H11Cl2NO3. The number of para-hydroxylation sites is 1. The first-order valence-corrected chi connectivity index (χ1v) is 6.58. The second-order valence-corrected chi connectivity index (χ2v) is 5.08. The van der Waals surface area contributed by atoms with Crippen LogP contribution in [0.2, 0.25) is 10.0 Å². The van der Waals surface area contributed by atoms with Crippen molar-refractivity contribution < 1.29 is 14.7 Å². The first-order chi connectivity index (χ1) is 9.47. The highest BCUT2D eigenvalue weighted by Gasteiger charge is 2.20. The average molecular weight is 312 g/mol. The van der Waals surface area contributed by atoms with Gasteiger partial charge in [0, 0.05) is 0 Å². The van der Waals surface area contributed by atoms with Crippen molar-refractivity contribution in [3.8, 4) is 0 Å². The zero-order valence-electron chi connectivity index (χ0n) is 10.3. The maximum Gasteiger partial charge on any atom is 0.307 e. The Morgan fingerprint density at radius 1 is 1.30 bits per heavy atom. The Hall–Kier alpha value is -1.78. The maximum atomic E-state index is 11.4. The van der Waals surface area contributed by atoms with Gasteiger partial charge in [-0.25, -0.2) is 0 Å². The van der Waals surface area contributed by atoms with E-state index in [0.717, 1.165) is 0 Å². The van der Waals surface area contributed by atoms with E-state index in [2.05, 4.69) is 5.32 Å². The lowest BCUT2D eigenvalue weighted by Gasteiger charge is -2.22. The number of carboxylic acids is 1. The standard InChI is InChI=1S/C14H11Cl2NO3/c15-10-2-1-3-11(16)14(10)17-12-5-4-9(18)6-8(12)7-13(19)20/h1-6,12,17H,7H2,(H,19,20). The molecule has 4 nitrogen and oxygen atoms in total. The topological polar surface area (TPSA) is 66.4 Å². The summed E-state index contributed by atoms with van der Waals surface area (Å²) in [7, 11) is 0. The Bertz CT molecular complexity index is 603. The van der Waals surface area contributed by atoms with Crippen molar-refractivity contribution in [3.63, 3.8) is 0 Å². The third kappa shape index (κ3) is 3.40. The number of benzene rings is 1. The van der Waals surface area contributed by atoms with E-state index in [1.165, 1.54) is 12.2 Å². The summed E-state index contributed by atoms with van der Waals surface area (Å²) in [6, 6.07) is 4.63. The van der Waals surface area contributed by atoms with Crippen LogP contribution in [0.25, 0.3) is 0 Å². The van der Waals surface area contributed by atoms with Crippen LogP contribution < -0.4 is 5.32 Å². The summed E-state index contributed by atoms with van der Waals surface area (Å²) < 4.78 is 0. The van der Waals surface area contributed by atoms with Crippen molar-refractivity contribution in [2.45, 2.75) is 12.5 Å². The summed E-state index contributed by atoms with van der Waals surface area (Å²) >= 11 is 12.1. The molecule has 2 N–H and O–H groups in total. The predicted molar refractivity (Wildman–Crippen MR) is 78.4 cm³/mol. The highest BCUT2D eigenvalue weighted by atomic mass is 35.5. The van der Waals surface area contributed by atoms with Gasteiger partial charge >= 0.3 is 5.97 Å². The van der Waals surface area contributed by atoms with Crippen LogP contribution in [0.15, 0.2) is 42.0 Å². The van der Waals surface area contributed by atoms with Crippen molar-refractivity contribution in [3.05, 3.63) is 52.0 Å². The van der Waals surface area contributed by atoms with E-state index in [1.54, 1.807) is 24.3 Å². The van der Waals surface area contributed by atoms with Crippen LogP contribution in [0.4, 0.5) is 5.69 Å². The molecule has 0 aliphatic heterocycles. The molecule has 1 unspecified atom stereocenters. The van der Waals surface area contributed by atoms with E-state index in [4.69, 9.17) is 28.3 Å². The molecule has 0 spiro atoms. The molecule has 0 bridgehead atoms. The molecule has 0 heterocycles. The SMILES string of the molecule is O=C1C=CC(Nc2c(Cl)cccc2Cl)C(CC(=O)O)=C1. The highest BCUT2D eigenvalue weighted by molar-refractivity contribution is 6.39. The molecule has 6 heteroatoms. The number of anilines is 1. The van der Waals surface area contributed by atoms with E-state index in [0.29, 0.717) is 21.3 Å². The molecule has 1 aliphatic carbocycles. The minimum atomic E-state index is -1.00. The third-order valence-electron chi connectivity index (χ3n) is 2.80. The van der Waals surface area contributed by atoms with Gasteiger partial charge in [0.15, 0.2) is 5.78 Å². The maximum absolute atomic E-state index is 11.4. The largest absolute Gasteiger partial charge is 0.481 e. The zero-order valence-corrected chi connectivity index (χ0v) is 11.8. The summed E-state index contributed by atoms with van der Waals surface area (Å²) in [6.45, 7) is 0. The van der Waals surface area contributed by atoms with Gasteiger partial charge < -0.3 is 10.4 Å². The molecule has 1 aromatic carbocycles. The van der Waals surface area contributed by atoms with E-state index in [1.807, 2.05) is 0 Å². The van der Waals surface area contributed by atoms with Gasteiger partial charge in [-0.1, -0.05) is 35.3 Å². The molecule has 1 aromatic rings. The van der Waals surface area contributed by atoms with Crippen LogP contribution in [0.5, 0.6) is 0 Å². The van der Waals surface area contributed by atoms with Crippen LogP contribution >= 0.6 is 23.2 Å². The molecule has 104 valence electrons. The zero-order chi connectivity index (χ0) is 14.7. The fourth-order valence-corrected chi connectivity index (χ4v) is 2.41. The number of hydrogen-bond acceptors (Lipinski definition) is 3. The van der Waals surface area contributed by atoms with E-state index in [-0.39, 0.29) is 12.2 Å². The Balaban J connectivity index is 2.27. The summed E-state index contributed by atoms with van der Waals surface area (Å²) in [5.41, 5.74) is 0.970. The number of carbonyl (C=O) groups is 2. The summed E-state index contributed by atoms with van der Waals surface area (Å²) in [4.78, 5) is 22.2. The molecule has 1 atom stereocenters. The summed E-state index contributed by atoms with van der Waals surface area (Å²) in [5.74, 6) is -1.24. The van der Waals surface area contributed by atoms with E-state index >= 15 is 0 Å². The van der Waals surface area contributed by atoms with Crippen LogP contribution in [0.1, 0.15) is 6.42 Å². The lowest BCUT2D eigenvalue weighted by atomic mass is 9.96. The van der Waals surface area contributed by atoms with Crippen LogP contribution in [0.3, 0.4) is 0 Å². The minimum absolute atomic E-state index is 0.226. The number of carboxylic acid groups (broad SMARTS) is 1. The van der Waals surface area contributed by atoms with Crippen molar-refractivity contribution in [2.75, 3.05) is 5.32 Å². The van der Waals surface area contributed by atoms with Crippen LogP contribution in [-0.4, -0.2) is 22.9 Å². The molecule has 2 rings (SSSR count). The van der Waals surface area contributed by atoms with Crippen molar-refractivity contribution >= 4 is 40.6 Å². The number of carbonyl (C=O) groups excluding carboxylic acids is 1. The fourth-order valence-electron chi connectivity index (χ4n) is 1.90. The molecule has 20 heavy (non-hydrogen) atoms. The van der Waals surface area contributed by atoms with Crippen LogP contribution in [-0.2, 0) is 9.59 Å². The number of ketones is 1. The Kier molecular flexibility index (Phi) is 4.47. The number of hydrogen-bond donors (Lipinski definition) is 2. The quantitative estimate of drug-likeness (QED) is 0.895. The second kappa shape index (κ2) is 6.11. The summed E-state index contributed by atoms with van der Waals surface area (Å²) in [6.07, 6.45) is 4.07. The number of aliphatic carboxylic acids is 1. The van der Waals surface area contributed by atoms with Crippen molar-refractivity contribution in [2.24, 2.45) is 0 Å². The molecular weight excluding hydrogens is 301 g/mol. The average Bonchev–Trinajstić information content (AvgIpc) is 2.35. The van der Waals surface area contributed by atoms with Crippen molar-refractivity contribution in [1.82, 2.24) is 0 Å². The smallest absolute Gasteiger partial charge is 0.307 e. The first kappa shape index (κ1) is 14.6. The molecule has 0 saturated heterocycles. The normalized spacial score (nSPS) is 17.8. The summed E-state index contributed by atoms with van der Waals surface area (Å²) in [5, 5.41) is 12.8. The fraction of sp³-hybridized carbons (Fsp3) is 0.143. The first-order valence-electron chi connectivity index (χ1n) is 5.82. The lowest BCUT2D eigenvalue weighted by Crippen LogP contribution is -2.25. The van der Waals surface area contributed by atoms with Gasteiger partial charge in [0.25, 0.3) is 0 Å². The van der Waals surface area contributed by atoms with Gasteiger partial charge in [-0.3, -0.25) is 9.59 Å². The molecule has 1 aliphatic rings. The van der Waals surface area contributed by atoms with E-state index < -0.39 is 12.0 Å². The van der Waals surface area contributed by atoms with Gasteiger partial charge in [-0.05, 0) is 29.9 Å². The number of halogens is 2. The number of allylic oxidation sites excluding steroid dienone is 2. The highest BCUT2D eigenvalue weighted by Crippen LogP contribution is 2.32. The Labute approximate surface area is 125 Å².